The van der Waals surface area contributed by atoms with Gasteiger partial charge >= 0.3 is 6.03 Å². The molecule has 3 fully saturated rings. The number of carbonyl (C=O) groups is 2. The Morgan fingerprint density at radius 2 is 2.00 bits per heavy atom. The van der Waals surface area contributed by atoms with Gasteiger partial charge in [0.15, 0.2) is 0 Å². The molecule has 0 bridgehead atoms. The molecule has 1 unspecified atom stereocenters. The van der Waals surface area contributed by atoms with Gasteiger partial charge in [-0.2, -0.15) is 0 Å². The number of amides is 3. The van der Waals surface area contributed by atoms with Gasteiger partial charge in [0.25, 0.3) is 5.91 Å². The Kier molecular flexibility index (Phi) is 5.55. The Bertz CT molecular complexity index is 988. The number of urea groups is 1. The monoisotopic (exact) mass is 438 g/mol. The van der Waals surface area contributed by atoms with E-state index in [2.05, 4.69) is 4.98 Å². The van der Waals surface area contributed by atoms with Crippen LogP contribution in [0.15, 0.2) is 48.8 Å². The van der Waals surface area contributed by atoms with Crippen LogP contribution < -0.4 is 0 Å². The van der Waals surface area contributed by atoms with Gasteiger partial charge in [0, 0.05) is 51.2 Å². The maximum atomic E-state index is 14.1. The normalized spacial score (nSPS) is 24.0. The average molecular weight is 439 g/mol. The van der Waals surface area contributed by atoms with E-state index in [-0.39, 0.29) is 29.1 Å². The number of ether oxygens (including phenoxy) is 1. The molecule has 8 heteroatoms. The maximum absolute atomic E-state index is 14.1. The van der Waals surface area contributed by atoms with Gasteiger partial charge in [-0.3, -0.25) is 9.78 Å². The lowest BCUT2D eigenvalue weighted by atomic mass is 9.92. The van der Waals surface area contributed by atoms with Crippen molar-refractivity contribution in [1.29, 1.82) is 0 Å². The van der Waals surface area contributed by atoms with Crippen LogP contribution in [0, 0.1) is 5.82 Å². The van der Waals surface area contributed by atoms with Gasteiger partial charge in [-0.05, 0) is 43.0 Å². The minimum absolute atomic E-state index is 0.0261. The summed E-state index contributed by atoms with van der Waals surface area (Å²) in [5, 5.41) is 0. The van der Waals surface area contributed by atoms with Gasteiger partial charge in [-0.1, -0.05) is 18.2 Å². The second-order valence-electron chi connectivity index (χ2n) is 8.90. The molecule has 2 aromatic rings. The highest BCUT2D eigenvalue weighted by Gasteiger charge is 2.54. The molecule has 5 rings (SSSR count). The van der Waals surface area contributed by atoms with E-state index in [4.69, 9.17) is 4.74 Å². The van der Waals surface area contributed by atoms with E-state index in [1.165, 1.54) is 12.1 Å². The third-order valence-electron chi connectivity index (χ3n) is 6.87. The predicted octanol–water partition coefficient (Wildman–Crippen LogP) is 2.92. The van der Waals surface area contributed by atoms with Gasteiger partial charge < -0.3 is 19.4 Å². The molecule has 1 aromatic carbocycles. The van der Waals surface area contributed by atoms with Crippen LogP contribution in [0.1, 0.15) is 35.2 Å². The highest BCUT2D eigenvalue weighted by molar-refractivity contribution is 5.94. The van der Waals surface area contributed by atoms with Crippen molar-refractivity contribution in [2.45, 2.75) is 37.4 Å². The number of likely N-dealkylation sites (tertiary alicyclic amines) is 1. The molecule has 3 amide bonds. The Labute approximate surface area is 186 Å². The summed E-state index contributed by atoms with van der Waals surface area (Å²) in [4.78, 5) is 36.1. The molecular formula is C24H27FN4O3. The molecule has 7 nitrogen and oxygen atoms in total. The molecule has 168 valence electrons. The first-order valence-corrected chi connectivity index (χ1v) is 11.2. The van der Waals surface area contributed by atoms with Gasteiger partial charge in [-0.25, -0.2) is 9.18 Å². The third-order valence-corrected chi connectivity index (χ3v) is 6.87. The van der Waals surface area contributed by atoms with Crippen LogP contribution in [0.5, 0.6) is 0 Å². The topological polar surface area (TPSA) is 66.0 Å². The van der Waals surface area contributed by atoms with E-state index in [0.29, 0.717) is 52.2 Å². The largest absolute Gasteiger partial charge is 0.379 e. The number of aromatic nitrogens is 1. The Morgan fingerprint density at radius 3 is 2.69 bits per heavy atom. The predicted molar refractivity (Wildman–Crippen MR) is 115 cm³/mol. The lowest BCUT2D eigenvalue weighted by Crippen LogP contribution is -2.56. The maximum Gasteiger partial charge on any atom is 0.321 e. The molecule has 3 aliphatic heterocycles. The van der Waals surface area contributed by atoms with Gasteiger partial charge in [0.2, 0.25) is 0 Å². The summed E-state index contributed by atoms with van der Waals surface area (Å²) < 4.78 is 19.8. The summed E-state index contributed by atoms with van der Waals surface area (Å²) >= 11 is 0. The van der Waals surface area contributed by atoms with Crippen molar-refractivity contribution in [2.75, 3.05) is 32.8 Å². The van der Waals surface area contributed by atoms with Crippen LogP contribution >= 0.6 is 0 Å². The van der Waals surface area contributed by atoms with Crippen molar-refractivity contribution in [2.24, 2.45) is 0 Å². The number of rotatable bonds is 4. The van der Waals surface area contributed by atoms with Crippen LogP contribution in [-0.2, 0) is 11.3 Å². The SMILES string of the molecule is O=C(c1ccccc1F)N1CCC(N2C(=O)N(Cc3cccnc3)CC23CCOC3)CC1. The summed E-state index contributed by atoms with van der Waals surface area (Å²) in [6.07, 6.45) is 5.68. The summed E-state index contributed by atoms with van der Waals surface area (Å²) in [6, 6.07) is 10.0. The summed E-state index contributed by atoms with van der Waals surface area (Å²) in [5.74, 6) is -0.783. The fourth-order valence-corrected chi connectivity index (χ4v) is 5.28. The molecule has 0 radical (unpaired) electrons. The van der Waals surface area contributed by atoms with Crippen LogP contribution in [0.4, 0.5) is 9.18 Å². The molecule has 4 heterocycles. The van der Waals surface area contributed by atoms with Gasteiger partial charge in [0.05, 0.1) is 17.7 Å². The first-order chi connectivity index (χ1) is 15.6. The second kappa shape index (κ2) is 8.50. The van der Waals surface area contributed by atoms with E-state index in [9.17, 15) is 14.0 Å². The Balaban J connectivity index is 1.30. The summed E-state index contributed by atoms with van der Waals surface area (Å²) in [5.41, 5.74) is 0.787. The standard InChI is InChI=1S/C24H27FN4O3/c25-21-6-2-1-5-20(21)22(30)27-11-7-19(8-12-27)29-23(31)28(15-18-4-3-10-26-14-18)16-24(29)9-13-32-17-24/h1-6,10,14,19H,7-9,11-13,15-17H2. The number of piperidine rings is 1. The van der Waals surface area contributed by atoms with Crippen molar-refractivity contribution in [1.82, 2.24) is 19.7 Å². The highest BCUT2D eigenvalue weighted by Crippen LogP contribution is 2.38. The lowest BCUT2D eigenvalue weighted by molar-refractivity contribution is 0.0496. The van der Waals surface area contributed by atoms with E-state index >= 15 is 0 Å². The van der Waals surface area contributed by atoms with E-state index in [0.717, 1.165) is 12.0 Å². The third kappa shape index (κ3) is 3.72. The first kappa shape index (κ1) is 20.9. The second-order valence-corrected chi connectivity index (χ2v) is 8.90. The van der Waals surface area contributed by atoms with Crippen LogP contribution in [0.25, 0.3) is 0 Å². The average Bonchev–Trinajstić information content (AvgIpc) is 3.39. The number of nitrogens with zero attached hydrogens (tertiary/aromatic N) is 4. The number of hydrogen-bond acceptors (Lipinski definition) is 4. The van der Waals surface area contributed by atoms with E-state index in [1.54, 1.807) is 29.4 Å². The van der Waals surface area contributed by atoms with Crippen LogP contribution in [-0.4, -0.2) is 76.1 Å². The molecule has 3 saturated heterocycles. The van der Waals surface area contributed by atoms with Crippen molar-refractivity contribution >= 4 is 11.9 Å². The molecule has 32 heavy (non-hydrogen) atoms. The fraction of sp³-hybridized carbons (Fsp3) is 0.458. The fourth-order valence-electron chi connectivity index (χ4n) is 5.28. The van der Waals surface area contributed by atoms with Crippen LogP contribution in [0.2, 0.25) is 0 Å². The molecule has 0 N–H and O–H groups in total. The number of pyridine rings is 1. The number of halogens is 1. The minimum Gasteiger partial charge on any atom is -0.379 e. The molecule has 1 spiro atoms. The van der Waals surface area contributed by atoms with E-state index < -0.39 is 5.82 Å². The lowest BCUT2D eigenvalue weighted by Gasteiger charge is -2.42. The number of carbonyl (C=O) groups excluding carboxylic acids is 2. The first-order valence-electron chi connectivity index (χ1n) is 11.2. The number of hydrogen-bond donors (Lipinski definition) is 0. The molecular weight excluding hydrogens is 411 g/mol. The van der Waals surface area contributed by atoms with Crippen molar-refractivity contribution in [3.63, 3.8) is 0 Å². The zero-order valence-electron chi connectivity index (χ0n) is 18.0. The quantitative estimate of drug-likeness (QED) is 0.736. The molecule has 0 aliphatic carbocycles. The van der Waals surface area contributed by atoms with Gasteiger partial charge in [-0.15, -0.1) is 0 Å². The zero-order chi connectivity index (χ0) is 22.1. The summed E-state index contributed by atoms with van der Waals surface area (Å²) in [6.45, 7) is 3.35. The van der Waals surface area contributed by atoms with Crippen molar-refractivity contribution < 1.29 is 18.7 Å². The molecule has 1 aromatic heterocycles. The Morgan fingerprint density at radius 1 is 1.19 bits per heavy atom. The molecule has 3 aliphatic rings. The smallest absolute Gasteiger partial charge is 0.321 e. The van der Waals surface area contributed by atoms with Crippen molar-refractivity contribution in [3.8, 4) is 0 Å². The van der Waals surface area contributed by atoms with Crippen LogP contribution in [0.3, 0.4) is 0 Å². The van der Waals surface area contributed by atoms with E-state index in [1.807, 2.05) is 21.9 Å². The van der Waals surface area contributed by atoms with Crippen molar-refractivity contribution in [3.05, 3.63) is 65.7 Å². The molecule has 1 atom stereocenters. The minimum atomic E-state index is -0.498. The van der Waals surface area contributed by atoms with Gasteiger partial charge in [0.1, 0.15) is 5.82 Å². The zero-order valence-corrected chi connectivity index (χ0v) is 18.0. The Hall–Kier alpha value is -3.00. The highest BCUT2D eigenvalue weighted by atomic mass is 19.1. The number of benzene rings is 1. The summed E-state index contributed by atoms with van der Waals surface area (Å²) in [7, 11) is 0. The molecule has 0 saturated carbocycles.